The number of rotatable bonds is 7. The number of aliphatic imine (C=N–C) groups is 1. The third-order valence-corrected chi connectivity index (χ3v) is 5.56. The van der Waals surface area contributed by atoms with E-state index in [2.05, 4.69) is 37.3 Å². The zero-order chi connectivity index (χ0) is 23.1. The molecule has 0 amide bonds. The Labute approximate surface area is 186 Å². The van der Waals surface area contributed by atoms with Gasteiger partial charge in [0.2, 0.25) is 0 Å². The lowest BCUT2D eigenvalue weighted by atomic mass is 10.0. The third kappa shape index (κ3) is 6.56. The van der Waals surface area contributed by atoms with Gasteiger partial charge in [-0.05, 0) is 31.4 Å². The van der Waals surface area contributed by atoms with E-state index in [9.17, 15) is 13.2 Å². The molecule has 10 heteroatoms. The van der Waals surface area contributed by atoms with Gasteiger partial charge in [-0.15, -0.1) is 16.8 Å². The molecule has 1 saturated heterocycles. The van der Waals surface area contributed by atoms with E-state index < -0.39 is 11.7 Å². The second kappa shape index (κ2) is 10.6. The summed E-state index contributed by atoms with van der Waals surface area (Å²) in [6.45, 7) is 8.72. The van der Waals surface area contributed by atoms with Crippen molar-refractivity contribution >= 4 is 5.96 Å². The maximum absolute atomic E-state index is 12.9. The SMILES string of the molecule is C=CCNC(=NCc1nnc(C)n1C)NC1CCN(Cc2cccc(C(F)(F)F)c2)CC1. The smallest absolute Gasteiger partial charge is 0.354 e. The number of alkyl halides is 3. The van der Waals surface area contributed by atoms with Gasteiger partial charge in [-0.3, -0.25) is 4.90 Å². The van der Waals surface area contributed by atoms with Crippen molar-refractivity contribution in [2.24, 2.45) is 12.0 Å². The first-order valence-electron chi connectivity index (χ1n) is 10.7. The minimum absolute atomic E-state index is 0.227. The normalized spacial score (nSPS) is 16.2. The molecule has 2 aromatic rings. The van der Waals surface area contributed by atoms with Gasteiger partial charge in [0, 0.05) is 39.3 Å². The Kier molecular flexibility index (Phi) is 7.89. The quantitative estimate of drug-likeness (QED) is 0.386. The lowest BCUT2D eigenvalue weighted by Crippen LogP contribution is -2.48. The molecule has 0 bridgehead atoms. The topological polar surface area (TPSA) is 70.4 Å². The molecule has 1 aliphatic heterocycles. The van der Waals surface area contributed by atoms with Gasteiger partial charge in [-0.2, -0.15) is 13.2 Å². The van der Waals surface area contributed by atoms with Crippen molar-refractivity contribution in [3.05, 3.63) is 59.7 Å². The fraction of sp³-hybridized carbons (Fsp3) is 0.500. The molecule has 32 heavy (non-hydrogen) atoms. The second-order valence-electron chi connectivity index (χ2n) is 7.95. The fourth-order valence-electron chi connectivity index (χ4n) is 3.59. The van der Waals surface area contributed by atoms with Crippen LogP contribution in [0.5, 0.6) is 0 Å². The van der Waals surface area contributed by atoms with Crippen molar-refractivity contribution in [3.63, 3.8) is 0 Å². The third-order valence-electron chi connectivity index (χ3n) is 5.56. The van der Waals surface area contributed by atoms with Crippen molar-refractivity contribution in [1.29, 1.82) is 0 Å². The van der Waals surface area contributed by atoms with E-state index in [1.807, 2.05) is 18.5 Å². The van der Waals surface area contributed by atoms with Crippen LogP contribution in [0.25, 0.3) is 0 Å². The number of nitrogens with one attached hydrogen (secondary N) is 2. The number of likely N-dealkylation sites (tertiary alicyclic amines) is 1. The van der Waals surface area contributed by atoms with E-state index in [-0.39, 0.29) is 6.04 Å². The monoisotopic (exact) mass is 449 g/mol. The summed E-state index contributed by atoms with van der Waals surface area (Å²) in [6.07, 6.45) is -0.806. The van der Waals surface area contributed by atoms with Crippen LogP contribution in [0.4, 0.5) is 13.2 Å². The van der Waals surface area contributed by atoms with Gasteiger partial charge in [0.1, 0.15) is 12.4 Å². The highest BCUT2D eigenvalue weighted by Gasteiger charge is 2.30. The van der Waals surface area contributed by atoms with Crippen molar-refractivity contribution in [2.75, 3.05) is 19.6 Å². The average Bonchev–Trinajstić information content (AvgIpc) is 3.08. The summed E-state index contributed by atoms with van der Waals surface area (Å²) in [7, 11) is 1.91. The molecule has 0 saturated carbocycles. The Bertz CT molecular complexity index is 928. The zero-order valence-electron chi connectivity index (χ0n) is 18.5. The van der Waals surface area contributed by atoms with Gasteiger partial charge < -0.3 is 15.2 Å². The maximum Gasteiger partial charge on any atom is 0.416 e. The van der Waals surface area contributed by atoms with Gasteiger partial charge in [0.05, 0.1) is 5.56 Å². The summed E-state index contributed by atoms with van der Waals surface area (Å²) in [6, 6.07) is 5.79. The molecule has 7 nitrogen and oxygen atoms in total. The minimum Gasteiger partial charge on any atom is -0.354 e. The minimum atomic E-state index is -4.31. The zero-order valence-corrected chi connectivity index (χ0v) is 18.5. The molecule has 1 aromatic carbocycles. The van der Waals surface area contributed by atoms with Crippen LogP contribution in [0.1, 0.15) is 35.6 Å². The molecule has 0 atom stereocenters. The maximum atomic E-state index is 12.9. The number of piperidine rings is 1. The number of aromatic nitrogens is 3. The summed E-state index contributed by atoms with van der Waals surface area (Å²) < 4.78 is 40.7. The Balaban J connectivity index is 1.54. The standard InChI is InChI=1S/C22H30F3N7/c1-4-10-26-21(27-14-20-30-29-16(2)31(20)3)28-19-8-11-32(12-9-19)15-17-6-5-7-18(13-17)22(23,24)25/h4-7,13,19H,1,8-12,14-15H2,2-3H3,(H2,26,27,28). The van der Waals surface area contributed by atoms with E-state index in [4.69, 9.17) is 0 Å². The van der Waals surface area contributed by atoms with Crippen molar-refractivity contribution in [3.8, 4) is 0 Å². The van der Waals surface area contributed by atoms with Gasteiger partial charge in [-0.1, -0.05) is 24.3 Å². The summed E-state index contributed by atoms with van der Waals surface area (Å²) in [5.41, 5.74) is 0.0823. The van der Waals surface area contributed by atoms with E-state index in [0.717, 1.165) is 43.6 Å². The molecule has 1 aromatic heterocycles. The molecule has 0 spiro atoms. The van der Waals surface area contributed by atoms with Crippen LogP contribution < -0.4 is 10.6 Å². The number of halogens is 3. The van der Waals surface area contributed by atoms with Crippen molar-refractivity contribution in [1.82, 2.24) is 30.3 Å². The average molecular weight is 450 g/mol. The highest BCUT2D eigenvalue weighted by Crippen LogP contribution is 2.30. The number of nitrogens with zero attached hydrogens (tertiary/aromatic N) is 5. The van der Waals surface area contributed by atoms with Crippen LogP contribution in [0.2, 0.25) is 0 Å². The van der Waals surface area contributed by atoms with E-state index >= 15 is 0 Å². The number of benzene rings is 1. The van der Waals surface area contributed by atoms with Crippen LogP contribution in [0.15, 0.2) is 41.9 Å². The molecule has 2 N–H and O–H groups in total. The Morgan fingerprint density at radius 1 is 1.28 bits per heavy atom. The highest BCUT2D eigenvalue weighted by atomic mass is 19.4. The predicted octanol–water partition coefficient (Wildman–Crippen LogP) is 3.03. The first-order valence-corrected chi connectivity index (χ1v) is 10.7. The Hall–Kier alpha value is -2.88. The Morgan fingerprint density at radius 3 is 2.66 bits per heavy atom. The molecule has 0 aliphatic carbocycles. The van der Waals surface area contributed by atoms with Crippen LogP contribution in [-0.4, -0.2) is 51.3 Å². The lowest BCUT2D eigenvalue weighted by Gasteiger charge is -2.33. The van der Waals surface area contributed by atoms with Crippen LogP contribution in [0.3, 0.4) is 0 Å². The highest BCUT2D eigenvalue weighted by molar-refractivity contribution is 5.80. The van der Waals surface area contributed by atoms with Gasteiger partial charge in [0.25, 0.3) is 0 Å². The molecule has 1 aliphatic rings. The van der Waals surface area contributed by atoms with Gasteiger partial charge in [-0.25, -0.2) is 4.99 Å². The number of hydrogen-bond donors (Lipinski definition) is 2. The van der Waals surface area contributed by atoms with Gasteiger partial charge >= 0.3 is 6.18 Å². The number of guanidine groups is 1. The first-order chi connectivity index (χ1) is 15.3. The second-order valence-corrected chi connectivity index (χ2v) is 7.95. The summed E-state index contributed by atoms with van der Waals surface area (Å²) in [5, 5.41) is 14.9. The van der Waals surface area contributed by atoms with Gasteiger partial charge in [0.15, 0.2) is 11.8 Å². The van der Waals surface area contributed by atoms with E-state index in [0.29, 0.717) is 31.2 Å². The molecule has 0 radical (unpaired) electrons. The van der Waals surface area contributed by atoms with Crippen molar-refractivity contribution < 1.29 is 13.2 Å². The van der Waals surface area contributed by atoms with E-state index in [1.54, 1.807) is 12.1 Å². The van der Waals surface area contributed by atoms with Crippen LogP contribution in [-0.2, 0) is 26.3 Å². The lowest BCUT2D eigenvalue weighted by molar-refractivity contribution is -0.137. The molecule has 0 unspecified atom stereocenters. The largest absolute Gasteiger partial charge is 0.416 e. The number of aryl methyl sites for hydroxylation is 1. The van der Waals surface area contributed by atoms with E-state index in [1.165, 1.54) is 12.1 Å². The molecule has 1 fully saturated rings. The summed E-state index contributed by atoms with van der Waals surface area (Å²) in [4.78, 5) is 6.81. The number of hydrogen-bond acceptors (Lipinski definition) is 4. The predicted molar refractivity (Wildman–Crippen MR) is 118 cm³/mol. The summed E-state index contributed by atoms with van der Waals surface area (Å²) >= 11 is 0. The van der Waals surface area contributed by atoms with Crippen LogP contribution >= 0.6 is 0 Å². The summed E-state index contributed by atoms with van der Waals surface area (Å²) in [5.74, 6) is 2.29. The molecule has 174 valence electrons. The molecular formula is C22H30F3N7. The van der Waals surface area contributed by atoms with Crippen LogP contribution in [0, 0.1) is 6.92 Å². The molecule has 2 heterocycles. The Morgan fingerprint density at radius 2 is 2.03 bits per heavy atom. The van der Waals surface area contributed by atoms with Crippen molar-refractivity contribution in [2.45, 2.75) is 45.1 Å². The molecular weight excluding hydrogens is 419 g/mol. The fourth-order valence-corrected chi connectivity index (χ4v) is 3.59. The molecule has 3 rings (SSSR count). The first kappa shape index (κ1) is 23.8.